The van der Waals surface area contributed by atoms with Crippen molar-refractivity contribution in [3.8, 4) is 0 Å². The molecule has 22 heavy (non-hydrogen) atoms. The zero-order chi connectivity index (χ0) is 15.5. The SMILES string of the molecule is CC[C@H]1C[NH+]2CC[C@H]1C[C@@H]2COC(=O)Nc1ccc(Br)cc1. The quantitative estimate of drug-likeness (QED) is 0.858. The lowest BCUT2D eigenvalue weighted by atomic mass is 9.75. The summed E-state index contributed by atoms with van der Waals surface area (Å²) in [6.45, 7) is 5.32. The maximum atomic E-state index is 11.9. The lowest BCUT2D eigenvalue weighted by molar-refractivity contribution is -0.946. The number of halogens is 1. The summed E-state index contributed by atoms with van der Waals surface area (Å²) >= 11 is 3.38. The Morgan fingerprint density at radius 3 is 2.82 bits per heavy atom. The summed E-state index contributed by atoms with van der Waals surface area (Å²) in [7, 11) is 0. The van der Waals surface area contributed by atoms with Gasteiger partial charge in [0, 0.05) is 28.9 Å². The zero-order valence-corrected chi connectivity index (χ0v) is 14.6. The normalized spacial score (nSPS) is 30.1. The average Bonchev–Trinajstić information content (AvgIpc) is 2.55. The molecule has 3 saturated heterocycles. The first kappa shape index (κ1) is 15.8. The number of hydrogen-bond acceptors (Lipinski definition) is 2. The minimum atomic E-state index is -0.351. The van der Waals surface area contributed by atoms with Gasteiger partial charge in [-0.25, -0.2) is 4.79 Å². The molecule has 0 aliphatic carbocycles. The third-order valence-electron chi connectivity index (χ3n) is 5.22. The number of nitrogens with one attached hydrogen (secondary N) is 2. The van der Waals surface area contributed by atoms with Gasteiger partial charge in [-0.15, -0.1) is 0 Å². The average molecular weight is 368 g/mol. The first-order valence-electron chi connectivity index (χ1n) is 8.19. The van der Waals surface area contributed by atoms with Crippen LogP contribution in [0.25, 0.3) is 0 Å². The van der Waals surface area contributed by atoms with Crippen LogP contribution in [0.4, 0.5) is 10.5 Å². The molecule has 0 saturated carbocycles. The third kappa shape index (κ3) is 3.63. The van der Waals surface area contributed by atoms with Crippen LogP contribution in [0.15, 0.2) is 28.7 Å². The summed E-state index contributed by atoms with van der Waals surface area (Å²) in [6.07, 6.45) is 3.48. The molecule has 1 aromatic rings. The molecule has 4 nitrogen and oxygen atoms in total. The van der Waals surface area contributed by atoms with Crippen LogP contribution in [0, 0.1) is 11.8 Å². The summed E-state index contributed by atoms with van der Waals surface area (Å²) < 4.78 is 6.45. The molecule has 4 atom stereocenters. The number of carbonyl (C=O) groups is 1. The second-order valence-electron chi connectivity index (χ2n) is 6.49. The molecule has 1 unspecified atom stereocenters. The van der Waals surface area contributed by atoms with E-state index in [1.807, 2.05) is 24.3 Å². The number of fused-ring (bicyclic) bond motifs is 3. The van der Waals surface area contributed by atoms with Crippen molar-refractivity contribution in [2.75, 3.05) is 25.0 Å². The van der Waals surface area contributed by atoms with E-state index < -0.39 is 0 Å². The van der Waals surface area contributed by atoms with Gasteiger partial charge in [-0.3, -0.25) is 5.32 Å². The van der Waals surface area contributed by atoms with Gasteiger partial charge in [0.1, 0.15) is 12.6 Å². The van der Waals surface area contributed by atoms with Gasteiger partial charge in [-0.05, 0) is 36.6 Å². The van der Waals surface area contributed by atoms with Crippen LogP contribution in [0.1, 0.15) is 26.2 Å². The maximum absolute atomic E-state index is 11.9. The summed E-state index contributed by atoms with van der Waals surface area (Å²) in [5.41, 5.74) is 0.761. The molecule has 3 aliphatic heterocycles. The van der Waals surface area contributed by atoms with Crippen molar-refractivity contribution in [1.29, 1.82) is 0 Å². The first-order chi connectivity index (χ1) is 10.7. The van der Waals surface area contributed by atoms with Crippen LogP contribution in [0.5, 0.6) is 0 Å². The number of rotatable bonds is 4. The number of quaternary nitrogens is 1. The lowest BCUT2D eigenvalue weighted by Crippen LogP contribution is -3.20. The Morgan fingerprint density at radius 2 is 2.18 bits per heavy atom. The highest BCUT2D eigenvalue weighted by atomic mass is 79.9. The number of anilines is 1. The van der Waals surface area contributed by atoms with Crippen LogP contribution in [0.2, 0.25) is 0 Å². The fraction of sp³-hybridized carbons (Fsp3) is 0.588. The molecule has 3 aliphatic rings. The summed E-state index contributed by atoms with van der Waals surface area (Å²) in [5.74, 6) is 1.71. The Bertz CT molecular complexity index is 520. The number of benzene rings is 1. The highest BCUT2D eigenvalue weighted by Crippen LogP contribution is 2.28. The molecule has 0 spiro atoms. The van der Waals surface area contributed by atoms with Gasteiger partial charge in [-0.2, -0.15) is 0 Å². The minimum absolute atomic E-state index is 0.351. The van der Waals surface area contributed by atoms with Crippen molar-refractivity contribution in [3.05, 3.63) is 28.7 Å². The van der Waals surface area contributed by atoms with E-state index in [9.17, 15) is 4.79 Å². The summed E-state index contributed by atoms with van der Waals surface area (Å²) in [6, 6.07) is 7.99. The molecular formula is C17H24BrN2O2+. The Labute approximate surface area is 140 Å². The number of ether oxygens (including phenoxy) is 1. The Morgan fingerprint density at radius 1 is 1.41 bits per heavy atom. The molecule has 3 fully saturated rings. The molecule has 3 heterocycles. The van der Waals surface area contributed by atoms with Gasteiger partial charge in [0.05, 0.1) is 13.1 Å². The van der Waals surface area contributed by atoms with Crippen LogP contribution < -0.4 is 10.2 Å². The monoisotopic (exact) mass is 367 g/mol. The van der Waals surface area contributed by atoms with Crippen molar-refractivity contribution in [1.82, 2.24) is 0 Å². The van der Waals surface area contributed by atoms with Gasteiger partial charge < -0.3 is 9.64 Å². The van der Waals surface area contributed by atoms with E-state index in [1.165, 1.54) is 32.4 Å². The molecule has 120 valence electrons. The van der Waals surface area contributed by atoms with Crippen LogP contribution in [0.3, 0.4) is 0 Å². The van der Waals surface area contributed by atoms with Crippen LogP contribution in [-0.2, 0) is 4.74 Å². The predicted octanol–water partition coefficient (Wildman–Crippen LogP) is 2.70. The number of amides is 1. The molecular weight excluding hydrogens is 344 g/mol. The van der Waals surface area contributed by atoms with E-state index in [4.69, 9.17) is 4.74 Å². The minimum Gasteiger partial charge on any atom is -0.443 e. The van der Waals surface area contributed by atoms with E-state index in [1.54, 1.807) is 4.90 Å². The third-order valence-corrected chi connectivity index (χ3v) is 5.75. The lowest BCUT2D eigenvalue weighted by Gasteiger charge is -2.46. The van der Waals surface area contributed by atoms with E-state index in [-0.39, 0.29) is 6.09 Å². The molecule has 2 N–H and O–H groups in total. The van der Waals surface area contributed by atoms with Crippen molar-refractivity contribution < 1.29 is 14.4 Å². The van der Waals surface area contributed by atoms with Crippen molar-refractivity contribution >= 4 is 27.7 Å². The summed E-state index contributed by atoms with van der Waals surface area (Å²) in [5, 5.41) is 2.78. The molecule has 2 bridgehead atoms. The second-order valence-corrected chi connectivity index (χ2v) is 7.41. The second kappa shape index (κ2) is 7.01. The van der Waals surface area contributed by atoms with E-state index in [0.29, 0.717) is 12.6 Å². The predicted molar refractivity (Wildman–Crippen MR) is 90.1 cm³/mol. The number of carbonyl (C=O) groups excluding carboxylic acids is 1. The van der Waals surface area contributed by atoms with Gasteiger partial charge in [0.2, 0.25) is 0 Å². The largest absolute Gasteiger partial charge is 0.443 e. The highest BCUT2D eigenvalue weighted by molar-refractivity contribution is 9.10. The molecule has 1 aromatic carbocycles. The fourth-order valence-corrected chi connectivity index (χ4v) is 4.22. The van der Waals surface area contributed by atoms with Gasteiger partial charge >= 0.3 is 6.09 Å². The van der Waals surface area contributed by atoms with Crippen LogP contribution in [-0.4, -0.2) is 31.8 Å². The summed E-state index contributed by atoms with van der Waals surface area (Å²) in [4.78, 5) is 13.5. The van der Waals surface area contributed by atoms with Crippen molar-refractivity contribution in [2.24, 2.45) is 11.8 Å². The van der Waals surface area contributed by atoms with Crippen molar-refractivity contribution in [3.63, 3.8) is 0 Å². The molecule has 0 radical (unpaired) electrons. The van der Waals surface area contributed by atoms with Crippen LogP contribution >= 0.6 is 15.9 Å². The Balaban J connectivity index is 1.47. The maximum Gasteiger partial charge on any atom is 0.411 e. The van der Waals surface area contributed by atoms with E-state index >= 15 is 0 Å². The van der Waals surface area contributed by atoms with Gasteiger partial charge in [0.15, 0.2) is 0 Å². The fourth-order valence-electron chi connectivity index (χ4n) is 3.95. The van der Waals surface area contributed by atoms with Gasteiger partial charge in [-0.1, -0.05) is 22.9 Å². The standard InChI is InChI=1S/C17H23BrN2O2/c1-2-12-10-20-8-7-13(12)9-16(20)11-22-17(21)19-15-5-3-14(18)4-6-15/h3-6,12-13,16H,2,7-11H2,1H3,(H,19,21)/p+1/t12-,13-,16+/m0/s1. The number of piperidine rings is 3. The molecule has 5 heteroatoms. The molecule has 0 aromatic heterocycles. The highest BCUT2D eigenvalue weighted by Gasteiger charge is 2.43. The van der Waals surface area contributed by atoms with Gasteiger partial charge in [0.25, 0.3) is 0 Å². The Hall–Kier alpha value is -1.07. The molecule has 4 rings (SSSR count). The molecule has 1 amide bonds. The van der Waals surface area contributed by atoms with E-state index in [2.05, 4.69) is 28.2 Å². The topological polar surface area (TPSA) is 42.8 Å². The smallest absolute Gasteiger partial charge is 0.411 e. The first-order valence-corrected chi connectivity index (χ1v) is 8.99. The van der Waals surface area contributed by atoms with Crippen molar-refractivity contribution in [2.45, 2.75) is 32.2 Å². The Kier molecular flexibility index (Phi) is 5.03. The van der Waals surface area contributed by atoms with E-state index in [0.717, 1.165) is 22.0 Å². The number of hydrogen-bond donors (Lipinski definition) is 2. The zero-order valence-electron chi connectivity index (χ0n) is 13.0.